The van der Waals surface area contributed by atoms with Crippen LogP contribution in [0.15, 0.2) is 34.5 Å². The van der Waals surface area contributed by atoms with Crippen LogP contribution in [0.5, 0.6) is 0 Å². The lowest BCUT2D eigenvalue weighted by Gasteiger charge is -2.24. The van der Waals surface area contributed by atoms with Crippen molar-refractivity contribution in [1.82, 2.24) is 0 Å². The second kappa shape index (κ2) is 5.41. The maximum absolute atomic E-state index is 12.4. The summed E-state index contributed by atoms with van der Waals surface area (Å²) < 4.78 is 0. The van der Waals surface area contributed by atoms with Gasteiger partial charge in [0, 0.05) is 12.1 Å². The van der Waals surface area contributed by atoms with Crippen LogP contribution in [0.2, 0.25) is 19.6 Å². The van der Waals surface area contributed by atoms with E-state index in [9.17, 15) is 4.79 Å². The van der Waals surface area contributed by atoms with Crippen LogP contribution in [0.1, 0.15) is 18.9 Å². The lowest BCUT2D eigenvalue weighted by atomic mass is 9.99. The molecule has 110 valence electrons. The van der Waals surface area contributed by atoms with Crippen molar-refractivity contribution < 1.29 is 4.79 Å². The minimum Gasteiger partial charge on any atom is -0.324 e. The molecule has 0 bridgehead atoms. The lowest BCUT2D eigenvalue weighted by molar-refractivity contribution is -0.120. The Bertz CT molecular complexity index is 612. The van der Waals surface area contributed by atoms with E-state index in [-0.39, 0.29) is 11.6 Å². The molecule has 5 nitrogen and oxygen atoms in total. The largest absolute Gasteiger partial charge is 0.324 e. The van der Waals surface area contributed by atoms with Crippen molar-refractivity contribution in [2.75, 3.05) is 5.32 Å². The van der Waals surface area contributed by atoms with Gasteiger partial charge in [-0.2, -0.15) is 15.5 Å². The Morgan fingerprint density at radius 3 is 2.48 bits per heavy atom. The third-order valence-electron chi connectivity index (χ3n) is 3.77. The van der Waals surface area contributed by atoms with Crippen LogP contribution in [-0.2, 0) is 4.79 Å². The maximum atomic E-state index is 12.4. The molecule has 0 aliphatic carbocycles. The highest BCUT2D eigenvalue weighted by atomic mass is 28.3. The van der Waals surface area contributed by atoms with E-state index in [2.05, 4.69) is 41.3 Å². The Balaban J connectivity index is 2.07. The van der Waals surface area contributed by atoms with Gasteiger partial charge in [0.05, 0.1) is 25.4 Å². The normalized spacial score (nSPS) is 24.6. The first-order valence-corrected chi connectivity index (χ1v) is 10.6. The number of hydrogen-bond acceptors (Lipinski definition) is 4. The van der Waals surface area contributed by atoms with Crippen molar-refractivity contribution in [2.45, 2.75) is 44.2 Å². The zero-order chi connectivity index (χ0) is 15.7. The highest BCUT2D eigenvalue weighted by Crippen LogP contribution is 2.33. The van der Waals surface area contributed by atoms with E-state index in [4.69, 9.17) is 5.26 Å². The standard InChI is InChI=1S/C15H20N4OSi/c1-15(9-13(18-19-15)21(2,3)4)14(20)17-12-7-5-11(10-16)6-8-12/h5-8,13H,9H2,1-4H3,(H,17,20). The zero-order valence-electron chi connectivity index (χ0n) is 12.8. The predicted octanol–water partition coefficient (Wildman–Crippen LogP) is 3.36. The van der Waals surface area contributed by atoms with Crippen molar-refractivity contribution in [2.24, 2.45) is 10.2 Å². The molecule has 0 aromatic heterocycles. The molecule has 21 heavy (non-hydrogen) atoms. The molecule has 1 heterocycles. The Morgan fingerprint density at radius 1 is 1.38 bits per heavy atom. The molecule has 0 saturated carbocycles. The van der Waals surface area contributed by atoms with Crippen LogP contribution in [0.3, 0.4) is 0 Å². The molecule has 0 spiro atoms. The van der Waals surface area contributed by atoms with E-state index < -0.39 is 13.6 Å². The van der Waals surface area contributed by atoms with Crippen LogP contribution < -0.4 is 5.32 Å². The maximum Gasteiger partial charge on any atom is 0.253 e. The molecule has 0 radical (unpaired) electrons. The van der Waals surface area contributed by atoms with Crippen molar-refractivity contribution >= 4 is 19.7 Å². The zero-order valence-corrected chi connectivity index (χ0v) is 13.8. The fraction of sp³-hybridized carbons (Fsp3) is 0.467. The van der Waals surface area contributed by atoms with Crippen LogP contribution >= 0.6 is 0 Å². The van der Waals surface area contributed by atoms with Gasteiger partial charge in [0.2, 0.25) is 0 Å². The molecule has 0 saturated heterocycles. The minimum absolute atomic E-state index is 0.142. The summed E-state index contributed by atoms with van der Waals surface area (Å²) >= 11 is 0. The number of azo groups is 1. The minimum atomic E-state index is -1.44. The highest BCUT2D eigenvalue weighted by molar-refractivity contribution is 6.77. The van der Waals surface area contributed by atoms with E-state index in [0.717, 1.165) is 0 Å². The molecular formula is C15H20N4OSi. The first-order chi connectivity index (χ1) is 9.74. The number of amides is 1. The molecular weight excluding hydrogens is 280 g/mol. The number of benzene rings is 1. The number of anilines is 1. The van der Waals surface area contributed by atoms with Crippen LogP contribution in [0.4, 0.5) is 5.69 Å². The molecule has 2 atom stereocenters. The summed E-state index contributed by atoms with van der Waals surface area (Å²) in [5.41, 5.74) is 0.637. The molecule has 1 aliphatic rings. The Kier molecular flexibility index (Phi) is 3.96. The molecule has 1 aliphatic heterocycles. The van der Waals surface area contributed by atoms with Gasteiger partial charge in [-0.25, -0.2) is 0 Å². The molecule has 1 aromatic rings. The Hall–Kier alpha value is -2.00. The van der Waals surface area contributed by atoms with Crippen molar-refractivity contribution in [3.05, 3.63) is 29.8 Å². The quantitative estimate of drug-likeness (QED) is 0.869. The fourth-order valence-electron chi connectivity index (χ4n) is 2.17. The fourth-order valence-corrected chi connectivity index (χ4v) is 3.58. The number of carbonyl (C=O) groups excluding carboxylic acids is 1. The van der Waals surface area contributed by atoms with Crippen LogP contribution in [0.25, 0.3) is 0 Å². The average molecular weight is 300 g/mol. The monoisotopic (exact) mass is 300 g/mol. The molecule has 2 unspecified atom stereocenters. The van der Waals surface area contributed by atoms with Gasteiger partial charge in [-0.05, 0) is 31.2 Å². The highest BCUT2D eigenvalue weighted by Gasteiger charge is 2.44. The number of carbonyl (C=O) groups is 1. The predicted molar refractivity (Wildman–Crippen MR) is 84.8 cm³/mol. The first-order valence-electron chi connectivity index (χ1n) is 6.98. The van der Waals surface area contributed by atoms with Gasteiger partial charge >= 0.3 is 0 Å². The summed E-state index contributed by atoms with van der Waals surface area (Å²) in [6, 6.07) is 8.86. The van der Waals surface area contributed by atoms with Crippen molar-refractivity contribution in [1.29, 1.82) is 5.26 Å². The van der Waals surface area contributed by atoms with Crippen LogP contribution in [0, 0.1) is 11.3 Å². The number of hydrogen-bond donors (Lipinski definition) is 1. The van der Waals surface area contributed by atoms with Gasteiger partial charge in [-0.1, -0.05) is 19.6 Å². The molecule has 1 amide bonds. The van der Waals surface area contributed by atoms with Gasteiger partial charge < -0.3 is 5.32 Å². The first kappa shape index (κ1) is 15.4. The van der Waals surface area contributed by atoms with E-state index in [1.807, 2.05) is 6.92 Å². The number of nitrogens with one attached hydrogen (secondary N) is 1. The Labute approximate surface area is 126 Å². The SMILES string of the molecule is CC1(C(=O)Nc2ccc(C#N)cc2)CC([Si](C)(C)C)N=N1. The number of rotatable bonds is 3. The van der Waals surface area contributed by atoms with E-state index in [1.165, 1.54) is 0 Å². The summed E-state index contributed by atoms with van der Waals surface area (Å²) in [6.07, 6.45) is 0.671. The van der Waals surface area contributed by atoms with Crippen LogP contribution in [-0.4, -0.2) is 25.2 Å². The second-order valence-electron chi connectivity index (χ2n) is 6.72. The summed E-state index contributed by atoms with van der Waals surface area (Å²) in [4.78, 5) is 12.4. The van der Waals surface area contributed by atoms with E-state index >= 15 is 0 Å². The number of nitriles is 1. The smallest absolute Gasteiger partial charge is 0.253 e. The van der Waals surface area contributed by atoms with Crippen molar-refractivity contribution in [3.63, 3.8) is 0 Å². The molecule has 0 fully saturated rings. The topological polar surface area (TPSA) is 77.6 Å². The van der Waals surface area contributed by atoms with E-state index in [1.54, 1.807) is 24.3 Å². The third-order valence-corrected chi connectivity index (χ3v) is 6.09. The Morgan fingerprint density at radius 2 is 2.00 bits per heavy atom. The average Bonchev–Trinajstić information content (AvgIpc) is 2.84. The van der Waals surface area contributed by atoms with Gasteiger partial charge in [-0.3, -0.25) is 4.79 Å². The van der Waals surface area contributed by atoms with Gasteiger partial charge in [-0.15, -0.1) is 0 Å². The van der Waals surface area contributed by atoms with Gasteiger partial charge in [0.15, 0.2) is 5.54 Å². The van der Waals surface area contributed by atoms with E-state index in [0.29, 0.717) is 17.7 Å². The summed E-state index contributed by atoms with van der Waals surface area (Å²) in [6.45, 7) is 8.54. The summed E-state index contributed by atoms with van der Waals surface area (Å²) in [5.74, 6) is -0.142. The molecule has 6 heteroatoms. The second-order valence-corrected chi connectivity index (χ2v) is 12.1. The molecule has 1 N–H and O–H groups in total. The molecule has 1 aromatic carbocycles. The summed E-state index contributed by atoms with van der Waals surface area (Å²) in [5, 5.41) is 20.2. The van der Waals surface area contributed by atoms with Gasteiger partial charge in [0.1, 0.15) is 0 Å². The number of nitrogens with zero attached hydrogens (tertiary/aromatic N) is 3. The van der Waals surface area contributed by atoms with Gasteiger partial charge in [0.25, 0.3) is 5.91 Å². The third kappa shape index (κ3) is 3.36. The molecule has 2 rings (SSSR count). The van der Waals surface area contributed by atoms with Crippen molar-refractivity contribution in [3.8, 4) is 6.07 Å². The lowest BCUT2D eigenvalue weighted by Crippen LogP contribution is -2.43. The summed E-state index contributed by atoms with van der Waals surface area (Å²) in [7, 11) is -1.44.